The van der Waals surface area contributed by atoms with Gasteiger partial charge in [0.2, 0.25) is 0 Å². The summed E-state index contributed by atoms with van der Waals surface area (Å²) in [5.41, 5.74) is 2.52. The molecule has 1 aliphatic rings. The minimum atomic E-state index is -0.451. The van der Waals surface area contributed by atoms with Crippen molar-refractivity contribution in [3.8, 4) is 11.5 Å². The van der Waals surface area contributed by atoms with Crippen molar-refractivity contribution in [2.45, 2.75) is 64.8 Å². The lowest BCUT2D eigenvalue weighted by Gasteiger charge is -2.36. The van der Waals surface area contributed by atoms with Gasteiger partial charge in [-0.1, -0.05) is 37.3 Å². The Balaban J connectivity index is 1.59. The molecular weight excluding hydrogens is 582 g/mol. The number of ether oxygens (including phenoxy) is 3. The fourth-order valence-electron chi connectivity index (χ4n) is 5.67. The molecule has 248 valence electrons. The molecule has 9 heteroatoms. The second-order valence-electron chi connectivity index (χ2n) is 12.4. The molecule has 0 unspecified atom stereocenters. The van der Waals surface area contributed by atoms with E-state index in [0.29, 0.717) is 42.3 Å². The molecule has 1 heterocycles. The average Bonchev–Trinajstić information content (AvgIpc) is 3.06. The summed E-state index contributed by atoms with van der Waals surface area (Å²) in [4.78, 5) is 31.2. The molecule has 0 radical (unpaired) electrons. The molecule has 4 rings (SSSR count). The number of anilines is 1. The monoisotopic (exact) mass is 631 g/mol. The molecule has 9 nitrogen and oxygen atoms in total. The number of benzene rings is 3. The molecule has 0 spiro atoms. The van der Waals surface area contributed by atoms with Crippen LogP contribution in [0.25, 0.3) is 0 Å². The van der Waals surface area contributed by atoms with E-state index in [0.717, 1.165) is 31.6 Å². The molecule has 3 aromatic rings. The number of nitrogens with one attached hydrogen (secondary N) is 1. The quantitative estimate of drug-likeness (QED) is 0.305. The zero-order chi connectivity index (χ0) is 33.1. The minimum Gasteiger partial charge on any atom is -0.497 e. The minimum absolute atomic E-state index is 0.0385. The van der Waals surface area contributed by atoms with E-state index in [1.54, 1.807) is 54.5 Å². The van der Waals surface area contributed by atoms with Crippen molar-refractivity contribution in [3.63, 3.8) is 0 Å². The Hall–Kier alpha value is -3.92. The van der Waals surface area contributed by atoms with Crippen LogP contribution in [0.4, 0.5) is 5.69 Å². The lowest BCUT2D eigenvalue weighted by atomic mass is 10.0. The maximum absolute atomic E-state index is 14.4. The van der Waals surface area contributed by atoms with E-state index in [4.69, 9.17) is 14.2 Å². The third-order valence-electron chi connectivity index (χ3n) is 8.45. The van der Waals surface area contributed by atoms with E-state index < -0.39 is 6.04 Å². The molecule has 3 aromatic carbocycles. The number of hydrogen-bond donors (Lipinski definition) is 2. The topological polar surface area (TPSA) is 101 Å². The fraction of sp³-hybridized carbons (Fsp3) is 0.459. The summed E-state index contributed by atoms with van der Waals surface area (Å²) in [5.74, 6) is 0.708. The van der Waals surface area contributed by atoms with Crippen molar-refractivity contribution < 1.29 is 28.9 Å². The van der Waals surface area contributed by atoms with E-state index in [1.807, 2.05) is 32.0 Å². The molecule has 1 aliphatic heterocycles. The summed E-state index contributed by atoms with van der Waals surface area (Å²) in [5, 5.41) is 13.2. The summed E-state index contributed by atoms with van der Waals surface area (Å²) >= 11 is 0. The Morgan fingerprint density at radius 2 is 1.83 bits per heavy atom. The van der Waals surface area contributed by atoms with E-state index in [1.165, 1.54) is 5.56 Å². The van der Waals surface area contributed by atoms with Gasteiger partial charge in [0.25, 0.3) is 11.8 Å². The number of aliphatic hydroxyl groups excluding tert-OH is 1. The van der Waals surface area contributed by atoms with E-state index in [-0.39, 0.29) is 36.5 Å². The third kappa shape index (κ3) is 9.79. The maximum atomic E-state index is 14.4. The lowest BCUT2D eigenvalue weighted by Crippen LogP contribution is -2.47. The molecule has 0 bridgehead atoms. The molecule has 2 N–H and O–H groups in total. The van der Waals surface area contributed by atoms with Crippen molar-refractivity contribution >= 4 is 17.5 Å². The van der Waals surface area contributed by atoms with Gasteiger partial charge in [0.15, 0.2) is 0 Å². The Morgan fingerprint density at radius 1 is 1.09 bits per heavy atom. The van der Waals surface area contributed by atoms with Crippen molar-refractivity contribution in [2.24, 2.45) is 5.92 Å². The number of nitrogens with zero attached hydrogens (tertiary/aromatic N) is 2. The van der Waals surface area contributed by atoms with Crippen molar-refractivity contribution in [2.75, 3.05) is 45.8 Å². The highest BCUT2D eigenvalue weighted by Gasteiger charge is 2.30. The number of methoxy groups -OCH3 is 1. The maximum Gasteiger partial charge on any atom is 0.258 e. The first-order valence-corrected chi connectivity index (χ1v) is 16.2. The molecule has 4 atom stereocenters. The van der Waals surface area contributed by atoms with E-state index in [9.17, 15) is 14.7 Å². The number of amides is 2. The highest BCUT2D eigenvalue weighted by molar-refractivity contribution is 6.05. The van der Waals surface area contributed by atoms with Gasteiger partial charge in [-0.05, 0) is 88.2 Å². The zero-order valence-corrected chi connectivity index (χ0v) is 27.8. The van der Waals surface area contributed by atoms with E-state index in [2.05, 4.69) is 36.3 Å². The Labute approximate surface area is 273 Å². The summed E-state index contributed by atoms with van der Waals surface area (Å²) in [6.07, 6.45) is 2.35. The van der Waals surface area contributed by atoms with Crippen LogP contribution in [0.15, 0.2) is 72.8 Å². The predicted molar refractivity (Wildman–Crippen MR) is 181 cm³/mol. The van der Waals surface area contributed by atoms with Gasteiger partial charge in [-0.2, -0.15) is 0 Å². The first-order valence-electron chi connectivity index (χ1n) is 16.2. The number of aliphatic hydroxyl groups is 1. The summed E-state index contributed by atoms with van der Waals surface area (Å²) in [6, 6.07) is 21.7. The summed E-state index contributed by atoms with van der Waals surface area (Å²) in [6.45, 7) is 8.14. The van der Waals surface area contributed by atoms with Gasteiger partial charge in [-0.15, -0.1) is 0 Å². The van der Waals surface area contributed by atoms with Crippen LogP contribution in [0.1, 0.15) is 66.3 Å². The van der Waals surface area contributed by atoms with Gasteiger partial charge >= 0.3 is 0 Å². The average molecular weight is 632 g/mol. The van der Waals surface area contributed by atoms with Crippen LogP contribution in [-0.4, -0.2) is 85.4 Å². The Bertz CT molecular complexity index is 1400. The van der Waals surface area contributed by atoms with Crippen LogP contribution in [0.5, 0.6) is 11.5 Å². The first kappa shape index (κ1) is 34.9. The third-order valence-corrected chi connectivity index (χ3v) is 8.45. The van der Waals surface area contributed by atoms with Gasteiger partial charge in [-0.3, -0.25) is 14.5 Å². The number of carbonyl (C=O) groups excluding carboxylic acids is 2. The summed E-state index contributed by atoms with van der Waals surface area (Å²) in [7, 11) is 3.74. The number of likely N-dealkylation sites (N-methyl/N-ethyl adjacent to an activating group) is 1. The van der Waals surface area contributed by atoms with Gasteiger partial charge in [-0.25, -0.2) is 0 Å². The fourth-order valence-corrected chi connectivity index (χ4v) is 5.67. The largest absolute Gasteiger partial charge is 0.497 e. The van der Waals surface area contributed by atoms with Crippen LogP contribution in [-0.2, 0) is 11.3 Å². The second-order valence-corrected chi connectivity index (χ2v) is 12.4. The van der Waals surface area contributed by atoms with Crippen molar-refractivity contribution in [3.05, 3.63) is 89.5 Å². The lowest BCUT2D eigenvalue weighted by molar-refractivity contribution is -0.0177. The van der Waals surface area contributed by atoms with Gasteiger partial charge in [0.1, 0.15) is 11.5 Å². The Morgan fingerprint density at radius 3 is 2.52 bits per heavy atom. The second kappa shape index (κ2) is 17.1. The normalized spacial score (nSPS) is 20.3. The number of rotatable bonds is 9. The highest BCUT2D eigenvalue weighted by atomic mass is 16.5. The van der Waals surface area contributed by atoms with Crippen LogP contribution in [0.2, 0.25) is 0 Å². The van der Waals surface area contributed by atoms with Gasteiger partial charge in [0.05, 0.1) is 37.5 Å². The number of carbonyl (C=O) groups is 2. The van der Waals surface area contributed by atoms with Crippen LogP contribution >= 0.6 is 0 Å². The Kier molecular flexibility index (Phi) is 13.0. The van der Waals surface area contributed by atoms with Crippen LogP contribution in [0, 0.1) is 5.92 Å². The molecule has 0 aliphatic carbocycles. The smallest absolute Gasteiger partial charge is 0.258 e. The molecule has 0 saturated carbocycles. The van der Waals surface area contributed by atoms with E-state index >= 15 is 0 Å². The molecule has 0 fully saturated rings. The van der Waals surface area contributed by atoms with Crippen molar-refractivity contribution in [1.29, 1.82) is 0 Å². The van der Waals surface area contributed by atoms with Crippen LogP contribution in [0.3, 0.4) is 0 Å². The van der Waals surface area contributed by atoms with Crippen LogP contribution < -0.4 is 14.8 Å². The van der Waals surface area contributed by atoms with Crippen molar-refractivity contribution in [1.82, 2.24) is 9.80 Å². The predicted octanol–water partition coefficient (Wildman–Crippen LogP) is 5.88. The molecule has 2 amide bonds. The number of fused-ring (bicyclic) bond motifs is 1. The molecule has 46 heavy (non-hydrogen) atoms. The SMILES string of the molecule is COc1ccc(CN(C)C[C@H]2OCCCC[C@H](C)Oc3ccc(NC(=O)c4ccccc4)cc3C(=O)N([C@H](C)CO)C[C@@H]2C)cc1. The standard InChI is InChI=1S/C37H49N3O6/c1-26-22-40(27(2)25-41)37(43)33-21-31(38-36(42)30-12-7-6-8-13-30)16-19-34(33)46-28(3)11-9-10-20-45-35(26)24-39(4)23-29-14-17-32(44-5)18-15-29/h6-8,12-19,21,26-28,35,41H,9-11,20,22-25H2,1-5H3,(H,38,42)/t26-,27+,28-,35+/m0/s1. The first-order chi connectivity index (χ1) is 22.2. The molecule has 0 saturated heterocycles. The van der Waals surface area contributed by atoms with Gasteiger partial charge < -0.3 is 29.5 Å². The summed E-state index contributed by atoms with van der Waals surface area (Å²) < 4.78 is 18.1. The van der Waals surface area contributed by atoms with Gasteiger partial charge in [0, 0.05) is 43.4 Å². The number of hydrogen-bond acceptors (Lipinski definition) is 7. The molecular formula is C37H49N3O6. The zero-order valence-electron chi connectivity index (χ0n) is 27.8. The molecule has 0 aromatic heterocycles. The highest BCUT2D eigenvalue weighted by Crippen LogP contribution is 2.29.